The van der Waals surface area contributed by atoms with Gasteiger partial charge in [-0.3, -0.25) is 14.5 Å². The molecule has 22 heavy (non-hydrogen) atoms. The molecule has 0 saturated heterocycles. The molecular formula is C14H13N5O2S. The van der Waals surface area contributed by atoms with E-state index in [1.54, 1.807) is 24.3 Å². The van der Waals surface area contributed by atoms with Gasteiger partial charge in [0.15, 0.2) is 5.16 Å². The summed E-state index contributed by atoms with van der Waals surface area (Å²) in [6.07, 6.45) is 0. The summed E-state index contributed by atoms with van der Waals surface area (Å²) in [6, 6.07) is 8.26. The highest BCUT2D eigenvalue weighted by atomic mass is 32.2. The van der Waals surface area contributed by atoms with Crippen LogP contribution in [0.25, 0.3) is 0 Å². The summed E-state index contributed by atoms with van der Waals surface area (Å²) in [7, 11) is 0. The van der Waals surface area contributed by atoms with Crippen LogP contribution in [0.4, 0.5) is 11.6 Å². The molecule has 7 nitrogen and oxygen atoms in total. The molecule has 2 amide bonds. The number of aromatic nitrogens is 2. The minimum atomic E-state index is -0.269. The molecule has 0 atom stereocenters. The van der Waals surface area contributed by atoms with E-state index in [2.05, 4.69) is 9.97 Å². The molecule has 0 bridgehead atoms. The van der Waals surface area contributed by atoms with Gasteiger partial charge in [0, 0.05) is 18.4 Å². The van der Waals surface area contributed by atoms with Crippen molar-refractivity contribution in [2.24, 2.45) is 0 Å². The molecule has 0 radical (unpaired) electrons. The summed E-state index contributed by atoms with van der Waals surface area (Å²) >= 11 is 1.29. The zero-order valence-electron chi connectivity index (χ0n) is 11.5. The van der Waals surface area contributed by atoms with Crippen LogP contribution in [0.15, 0.2) is 35.5 Å². The number of carbonyl (C=O) groups excluding carboxylic acids is 2. The van der Waals surface area contributed by atoms with Crippen LogP contribution in [0.2, 0.25) is 0 Å². The fourth-order valence-corrected chi connectivity index (χ4v) is 2.99. The van der Waals surface area contributed by atoms with Crippen LogP contribution in [0, 0.1) is 0 Å². The lowest BCUT2D eigenvalue weighted by Crippen LogP contribution is -2.31. The van der Waals surface area contributed by atoms with Crippen LogP contribution in [0.1, 0.15) is 20.7 Å². The Morgan fingerprint density at radius 3 is 2.09 bits per heavy atom. The summed E-state index contributed by atoms with van der Waals surface area (Å²) in [5, 5.41) is 0.425. The number of imide groups is 1. The van der Waals surface area contributed by atoms with E-state index in [4.69, 9.17) is 11.5 Å². The minimum Gasteiger partial charge on any atom is -0.383 e. The molecule has 0 unspecified atom stereocenters. The van der Waals surface area contributed by atoms with Crippen LogP contribution in [-0.2, 0) is 0 Å². The lowest BCUT2D eigenvalue weighted by molar-refractivity contribution is 0.0664. The van der Waals surface area contributed by atoms with Crippen LogP contribution >= 0.6 is 11.8 Å². The van der Waals surface area contributed by atoms with E-state index < -0.39 is 0 Å². The van der Waals surface area contributed by atoms with Crippen molar-refractivity contribution in [3.8, 4) is 0 Å². The maximum atomic E-state index is 12.2. The molecule has 3 rings (SSSR count). The maximum Gasteiger partial charge on any atom is 0.261 e. The smallest absolute Gasteiger partial charge is 0.261 e. The first-order valence-corrected chi connectivity index (χ1v) is 7.53. The second-order valence-corrected chi connectivity index (χ2v) is 5.72. The molecule has 0 spiro atoms. The number of nitrogens with zero attached hydrogens (tertiary/aromatic N) is 3. The predicted molar refractivity (Wildman–Crippen MR) is 83.4 cm³/mol. The lowest BCUT2D eigenvalue weighted by Gasteiger charge is -2.12. The fraction of sp³-hybridized carbons (Fsp3) is 0.143. The van der Waals surface area contributed by atoms with E-state index >= 15 is 0 Å². The van der Waals surface area contributed by atoms with Crippen molar-refractivity contribution in [2.75, 3.05) is 23.8 Å². The summed E-state index contributed by atoms with van der Waals surface area (Å²) in [5.41, 5.74) is 12.1. The molecule has 2 heterocycles. The summed E-state index contributed by atoms with van der Waals surface area (Å²) < 4.78 is 0. The van der Waals surface area contributed by atoms with Crippen molar-refractivity contribution < 1.29 is 9.59 Å². The number of carbonyl (C=O) groups is 2. The first-order chi connectivity index (χ1) is 10.6. The van der Waals surface area contributed by atoms with Crippen molar-refractivity contribution in [2.45, 2.75) is 5.16 Å². The van der Waals surface area contributed by atoms with Gasteiger partial charge < -0.3 is 11.5 Å². The van der Waals surface area contributed by atoms with Gasteiger partial charge in [0.2, 0.25) is 0 Å². The SMILES string of the molecule is Nc1cc(N)nc(SCCN2C(=O)c3ccccc3C2=O)n1. The first kappa shape index (κ1) is 14.3. The van der Waals surface area contributed by atoms with Gasteiger partial charge in [0.1, 0.15) is 11.6 Å². The van der Waals surface area contributed by atoms with E-state index in [0.717, 1.165) is 0 Å². The number of rotatable bonds is 4. The second kappa shape index (κ2) is 5.64. The average molecular weight is 315 g/mol. The third kappa shape index (κ3) is 2.60. The zero-order valence-corrected chi connectivity index (χ0v) is 12.3. The molecule has 8 heteroatoms. The summed E-state index contributed by atoms with van der Waals surface area (Å²) in [6.45, 7) is 0.273. The van der Waals surface area contributed by atoms with E-state index in [-0.39, 0.29) is 30.0 Å². The van der Waals surface area contributed by atoms with Crippen LogP contribution < -0.4 is 11.5 Å². The fourth-order valence-electron chi connectivity index (χ4n) is 2.20. The lowest BCUT2D eigenvalue weighted by atomic mass is 10.1. The van der Waals surface area contributed by atoms with Crippen LogP contribution in [-0.4, -0.2) is 39.0 Å². The number of anilines is 2. The molecule has 1 aliphatic rings. The minimum absolute atomic E-state index is 0.269. The number of hydrogen-bond acceptors (Lipinski definition) is 7. The Morgan fingerprint density at radius 1 is 1.00 bits per heavy atom. The highest BCUT2D eigenvalue weighted by molar-refractivity contribution is 7.99. The normalized spacial score (nSPS) is 13.5. The Hall–Kier alpha value is -2.61. The Balaban J connectivity index is 1.66. The van der Waals surface area contributed by atoms with Gasteiger partial charge in [-0.15, -0.1) is 0 Å². The molecule has 1 aromatic carbocycles. The highest BCUT2D eigenvalue weighted by Crippen LogP contribution is 2.23. The predicted octanol–water partition coefficient (Wildman–Crippen LogP) is 1.03. The number of hydrogen-bond donors (Lipinski definition) is 2. The molecule has 0 saturated carbocycles. The van der Waals surface area contributed by atoms with Gasteiger partial charge in [0.05, 0.1) is 11.1 Å². The third-order valence-corrected chi connectivity index (χ3v) is 4.00. The van der Waals surface area contributed by atoms with Crippen molar-refractivity contribution >= 4 is 35.2 Å². The number of fused-ring (bicyclic) bond motifs is 1. The van der Waals surface area contributed by atoms with Gasteiger partial charge in [0.25, 0.3) is 11.8 Å². The van der Waals surface area contributed by atoms with Gasteiger partial charge in [-0.2, -0.15) is 0 Å². The van der Waals surface area contributed by atoms with E-state index in [9.17, 15) is 9.59 Å². The maximum absolute atomic E-state index is 12.2. The second-order valence-electron chi connectivity index (χ2n) is 4.66. The van der Waals surface area contributed by atoms with Gasteiger partial charge in [-0.1, -0.05) is 23.9 Å². The largest absolute Gasteiger partial charge is 0.383 e. The number of benzene rings is 1. The first-order valence-electron chi connectivity index (χ1n) is 6.54. The topological polar surface area (TPSA) is 115 Å². The van der Waals surface area contributed by atoms with E-state index in [1.165, 1.54) is 22.7 Å². The molecule has 0 aliphatic carbocycles. The molecule has 1 aliphatic heterocycles. The van der Waals surface area contributed by atoms with Gasteiger partial charge >= 0.3 is 0 Å². The summed E-state index contributed by atoms with van der Waals surface area (Å²) in [5.74, 6) is 0.504. The number of nitrogens with two attached hydrogens (primary N) is 2. The molecule has 2 aromatic rings. The Labute approximate surface area is 130 Å². The van der Waals surface area contributed by atoms with Crippen molar-refractivity contribution in [1.29, 1.82) is 0 Å². The van der Waals surface area contributed by atoms with Crippen molar-refractivity contribution in [3.05, 3.63) is 41.5 Å². The van der Waals surface area contributed by atoms with Gasteiger partial charge in [-0.25, -0.2) is 9.97 Å². The molecule has 0 fully saturated rings. The van der Waals surface area contributed by atoms with Crippen molar-refractivity contribution in [3.63, 3.8) is 0 Å². The van der Waals surface area contributed by atoms with E-state index in [0.29, 0.717) is 22.0 Å². The quantitative estimate of drug-likeness (QED) is 0.492. The highest BCUT2D eigenvalue weighted by Gasteiger charge is 2.34. The standard InChI is InChI=1S/C14H13N5O2S/c15-10-7-11(16)18-14(17-10)22-6-5-19-12(20)8-3-1-2-4-9(8)13(19)21/h1-4,7H,5-6H2,(H4,15,16,17,18). The summed E-state index contributed by atoms with van der Waals surface area (Å²) in [4.78, 5) is 33.7. The number of nitrogen functional groups attached to an aromatic ring is 2. The number of amides is 2. The Morgan fingerprint density at radius 2 is 1.55 bits per heavy atom. The molecule has 112 valence electrons. The molecule has 1 aromatic heterocycles. The average Bonchev–Trinajstić information content (AvgIpc) is 2.72. The Kier molecular flexibility index (Phi) is 3.68. The monoisotopic (exact) mass is 315 g/mol. The van der Waals surface area contributed by atoms with Gasteiger partial charge in [-0.05, 0) is 12.1 Å². The van der Waals surface area contributed by atoms with Crippen LogP contribution in [0.3, 0.4) is 0 Å². The number of thioether (sulfide) groups is 1. The van der Waals surface area contributed by atoms with Crippen molar-refractivity contribution in [1.82, 2.24) is 14.9 Å². The molecular weight excluding hydrogens is 302 g/mol. The Bertz CT molecular complexity index is 709. The van der Waals surface area contributed by atoms with Crippen LogP contribution in [0.5, 0.6) is 0 Å². The third-order valence-electron chi connectivity index (χ3n) is 3.17. The zero-order chi connectivity index (χ0) is 15.7. The van der Waals surface area contributed by atoms with E-state index in [1.807, 2.05) is 0 Å². The molecule has 4 N–H and O–H groups in total.